The molecule has 9 nitrogen and oxygen atoms in total. The molecule has 1 aliphatic rings. The molecule has 2 aromatic heterocycles. The van der Waals surface area contributed by atoms with Crippen LogP contribution in [0, 0.1) is 0 Å². The topological polar surface area (TPSA) is 113 Å². The first-order valence-corrected chi connectivity index (χ1v) is 9.84. The summed E-state index contributed by atoms with van der Waals surface area (Å²) in [4.78, 5) is 17.4. The molecule has 0 radical (unpaired) electrons. The van der Waals surface area contributed by atoms with Gasteiger partial charge in [-0.1, -0.05) is 0 Å². The van der Waals surface area contributed by atoms with Gasteiger partial charge in [0.2, 0.25) is 0 Å². The van der Waals surface area contributed by atoms with E-state index in [1.165, 1.54) is 16.8 Å². The maximum Gasteiger partial charge on any atom is 0.573 e. The molecule has 1 saturated heterocycles. The predicted molar refractivity (Wildman–Crippen MR) is 108 cm³/mol. The third kappa shape index (κ3) is 4.69. The number of aliphatic hydroxyl groups is 1. The second kappa shape index (κ2) is 8.54. The quantitative estimate of drug-likeness (QED) is 0.547. The van der Waals surface area contributed by atoms with Crippen molar-refractivity contribution in [2.24, 2.45) is 0 Å². The first kappa shape index (κ1) is 21.7. The molecule has 1 atom stereocenters. The Hall–Kier alpha value is -3.54. The molecule has 1 unspecified atom stereocenters. The van der Waals surface area contributed by atoms with E-state index in [-0.39, 0.29) is 12.3 Å². The fraction of sp³-hybridized carbons (Fsp3) is 0.350. The van der Waals surface area contributed by atoms with Gasteiger partial charge in [0.1, 0.15) is 5.75 Å². The molecular formula is C20H20F3N5O4. The van der Waals surface area contributed by atoms with Gasteiger partial charge < -0.3 is 25.2 Å². The molecule has 3 aromatic rings. The van der Waals surface area contributed by atoms with Crippen LogP contribution in [0.5, 0.6) is 5.75 Å². The minimum Gasteiger partial charge on any atom is -0.465 e. The van der Waals surface area contributed by atoms with E-state index in [0.717, 1.165) is 24.2 Å². The lowest BCUT2D eigenvalue weighted by atomic mass is 10.1. The van der Waals surface area contributed by atoms with E-state index >= 15 is 0 Å². The van der Waals surface area contributed by atoms with Gasteiger partial charge in [-0.3, -0.25) is 0 Å². The number of alkyl halides is 3. The fourth-order valence-corrected chi connectivity index (χ4v) is 3.79. The molecule has 32 heavy (non-hydrogen) atoms. The summed E-state index contributed by atoms with van der Waals surface area (Å²) in [7, 11) is 0. The van der Waals surface area contributed by atoms with E-state index in [0.29, 0.717) is 41.9 Å². The van der Waals surface area contributed by atoms with Crippen LogP contribution in [-0.4, -0.2) is 56.6 Å². The Morgan fingerprint density at radius 3 is 2.66 bits per heavy atom. The molecule has 170 valence electrons. The lowest BCUT2D eigenvalue weighted by Gasteiger charge is -2.32. The second-order valence-electron chi connectivity index (χ2n) is 7.33. The van der Waals surface area contributed by atoms with Crippen molar-refractivity contribution in [1.29, 1.82) is 0 Å². The van der Waals surface area contributed by atoms with E-state index in [1.807, 2.05) is 4.90 Å². The van der Waals surface area contributed by atoms with Gasteiger partial charge in [-0.05, 0) is 43.2 Å². The van der Waals surface area contributed by atoms with Gasteiger partial charge in [0.25, 0.3) is 0 Å². The molecule has 4 rings (SSSR count). The van der Waals surface area contributed by atoms with Crippen molar-refractivity contribution in [2.45, 2.75) is 31.9 Å². The monoisotopic (exact) mass is 451 g/mol. The van der Waals surface area contributed by atoms with E-state index in [9.17, 15) is 23.1 Å². The molecule has 1 fully saturated rings. The molecular weight excluding hydrogens is 431 g/mol. The molecule has 0 aliphatic carbocycles. The second-order valence-corrected chi connectivity index (χ2v) is 7.33. The number of piperidine rings is 1. The zero-order chi connectivity index (χ0) is 22.9. The number of hydrogen-bond acceptors (Lipinski definition) is 6. The average molecular weight is 451 g/mol. The van der Waals surface area contributed by atoms with Crippen LogP contribution in [-0.2, 0) is 6.54 Å². The number of halogens is 3. The molecule has 3 heterocycles. The SMILES string of the molecule is O=C(O)NCc1nn(-c2ccc(OC(F)(F)F)cc2)c2nccc(N3CCCC(O)C3)c12. The minimum atomic E-state index is -4.80. The average Bonchev–Trinajstić information content (AvgIpc) is 3.10. The summed E-state index contributed by atoms with van der Waals surface area (Å²) in [6, 6.07) is 6.91. The third-order valence-electron chi connectivity index (χ3n) is 5.08. The molecule has 0 bridgehead atoms. The number of benzene rings is 1. The number of fused-ring (bicyclic) bond motifs is 1. The standard InChI is InChI=1S/C20H20F3N5O4/c21-20(22,23)32-14-5-3-12(4-6-14)28-18-17(15(26-28)10-25-19(30)31)16(7-8-24-18)27-9-1-2-13(29)11-27/h3-8,13,25,29H,1-2,9-11H2,(H,30,31). The molecule has 12 heteroatoms. The van der Waals surface area contributed by atoms with Gasteiger partial charge in [0.15, 0.2) is 5.65 Å². The number of pyridine rings is 1. The number of rotatable bonds is 5. The molecule has 1 aliphatic heterocycles. The van der Waals surface area contributed by atoms with Gasteiger partial charge in [-0.15, -0.1) is 13.2 Å². The minimum absolute atomic E-state index is 0.0941. The number of carbonyl (C=O) groups is 1. The number of amides is 1. The van der Waals surface area contributed by atoms with Crippen LogP contribution < -0.4 is 15.0 Å². The van der Waals surface area contributed by atoms with Crippen LogP contribution in [0.15, 0.2) is 36.5 Å². The number of nitrogens with zero attached hydrogens (tertiary/aromatic N) is 4. The maximum atomic E-state index is 12.4. The largest absolute Gasteiger partial charge is 0.573 e. The molecule has 3 N–H and O–H groups in total. The van der Waals surface area contributed by atoms with E-state index in [2.05, 4.69) is 20.1 Å². The highest BCUT2D eigenvalue weighted by atomic mass is 19.4. The van der Waals surface area contributed by atoms with Crippen LogP contribution in [0.1, 0.15) is 18.5 Å². The molecule has 1 aromatic carbocycles. The lowest BCUT2D eigenvalue weighted by molar-refractivity contribution is -0.274. The highest BCUT2D eigenvalue weighted by Crippen LogP contribution is 2.32. The number of hydrogen-bond donors (Lipinski definition) is 3. The first-order chi connectivity index (χ1) is 15.2. The van der Waals surface area contributed by atoms with Crippen molar-refractivity contribution in [3.05, 3.63) is 42.2 Å². The summed E-state index contributed by atoms with van der Waals surface area (Å²) in [5.41, 5.74) is 1.99. The Bertz CT molecular complexity index is 1120. The third-order valence-corrected chi connectivity index (χ3v) is 5.08. The van der Waals surface area contributed by atoms with Crippen molar-refractivity contribution in [3.8, 4) is 11.4 Å². The molecule has 1 amide bonds. The number of ether oxygens (including phenoxy) is 1. The summed E-state index contributed by atoms with van der Waals surface area (Å²) >= 11 is 0. The summed E-state index contributed by atoms with van der Waals surface area (Å²) in [6.45, 7) is 1.03. The first-order valence-electron chi connectivity index (χ1n) is 9.84. The molecule has 0 saturated carbocycles. The van der Waals surface area contributed by atoms with Crippen molar-refractivity contribution in [2.75, 3.05) is 18.0 Å². The van der Waals surface area contributed by atoms with Crippen molar-refractivity contribution in [1.82, 2.24) is 20.1 Å². The van der Waals surface area contributed by atoms with Gasteiger partial charge in [0, 0.05) is 19.3 Å². The van der Waals surface area contributed by atoms with Crippen LogP contribution in [0.4, 0.5) is 23.7 Å². The van der Waals surface area contributed by atoms with Gasteiger partial charge in [0.05, 0.1) is 35.1 Å². The predicted octanol–water partition coefficient (Wildman–Crippen LogP) is 3.05. The number of nitrogens with one attached hydrogen (secondary N) is 1. The zero-order valence-corrected chi connectivity index (χ0v) is 16.7. The molecule has 0 spiro atoms. The van der Waals surface area contributed by atoms with Gasteiger partial charge in [-0.2, -0.15) is 5.10 Å². The highest BCUT2D eigenvalue weighted by Gasteiger charge is 2.31. The fourth-order valence-electron chi connectivity index (χ4n) is 3.79. The normalized spacial score (nSPS) is 16.9. The highest BCUT2D eigenvalue weighted by molar-refractivity contribution is 5.93. The maximum absolute atomic E-state index is 12.4. The Morgan fingerprint density at radius 2 is 2.00 bits per heavy atom. The van der Waals surface area contributed by atoms with E-state index in [4.69, 9.17) is 5.11 Å². The number of anilines is 1. The van der Waals surface area contributed by atoms with Crippen molar-refractivity contribution >= 4 is 22.8 Å². The Labute approximate surface area is 180 Å². The van der Waals surface area contributed by atoms with Crippen LogP contribution in [0.25, 0.3) is 16.7 Å². The van der Waals surface area contributed by atoms with Crippen LogP contribution in [0.2, 0.25) is 0 Å². The Morgan fingerprint density at radius 1 is 1.25 bits per heavy atom. The van der Waals surface area contributed by atoms with Gasteiger partial charge >= 0.3 is 12.5 Å². The van der Waals surface area contributed by atoms with Crippen LogP contribution >= 0.6 is 0 Å². The van der Waals surface area contributed by atoms with Gasteiger partial charge in [-0.25, -0.2) is 14.5 Å². The smallest absolute Gasteiger partial charge is 0.465 e. The van der Waals surface area contributed by atoms with Crippen molar-refractivity contribution < 1.29 is 32.9 Å². The number of aromatic nitrogens is 3. The number of β-amino-alcohol motifs (C(OH)–C–C–N with tert-alkyl or cyclic N) is 1. The summed E-state index contributed by atoms with van der Waals surface area (Å²) in [5.74, 6) is -0.374. The summed E-state index contributed by atoms with van der Waals surface area (Å²) in [5, 5.41) is 26.5. The van der Waals surface area contributed by atoms with Crippen LogP contribution in [0.3, 0.4) is 0 Å². The van der Waals surface area contributed by atoms with E-state index in [1.54, 1.807) is 12.3 Å². The Kier molecular flexibility index (Phi) is 5.78. The summed E-state index contributed by atoms with van der Waals surface area (Å²) < 4.78 is 42.7. The summed E-state index contributed by atoms with van der Waals surface area (Å²) in [6.07, 6.45) is -3.44. The lowest BCUT2D eigenvalue weighted by Crippen LogP contribution is -2.38. The van der Waals surface area contributed by atoms with E-state index < -0.39 is 18.6 Å². The number of carboxylic acid groups (broad SMARTS) is 1. The zero-order valence-electron chi connectivity index (χ0n) is 16.7. The number of aliphatic hydroxyl groups excluding tert-OH is 1. The Balaban J connectivity index is 1.78. The van der Waals surface area contributed by atoms with Crippen molar-refractivity contribution in [3.63, 3.8) is 0 Å².